The third-order valence-electron chi connectivity index (χ3n) is 4.21. The van der Waals surface area contributed by atoms with Crippen LogP contribution in [0.4, 0.5) is 4.39 Å². The van der Waals surface area contributed by atoms with E-state index in [1.807, 2.05) is 20.8 Å². The van der Waals surface area contributed by atoms with Gasteiger partial charge >= 0.3 is 0 Å². The lowest BCUT2D eigenvalue weighted by molar-refractivity contribution is -0.123. The van der Waals surface area contributed by atoms with Crippen LogP contribution in [0.3, 0.4) is 0 Å². The Hall–Kier alpha value is -2.29. The molecule has 152 valence electrons. The van der Waals surface area contributed by atoms with Gasteiger partial charge in [0.05, 0.1) is 11.5 Å². The summed E-state index contributed by atoms with van der Waals surface area (Å²) < 4.78 is 40.2. The maximum Gasteiger partial charge on any atom is 0.241 e. The number of nitrogens with one attached hydrogen (secondary N) is 2. The number of hydrogen-bond donors (Lipinski definition) is 3. The fourth-order valence-corrected chi connectivity index (χ4v) is 3.66. The fourth-order valence-electron chi connectivity index (χ4n) is 2.48. The molecule has 8 heteroatoms. The summed E-state index contributed by atoms with van der Waals surface area (Å²) in [4.78, 5) is 12.2. The second-order valence-electron chi connectivity index (χ2n) is 7.48. The zero-order chi connectivity index (χ0) is 20.9. The molecule has 0 fully saturated rings. The maximum absolute atomic E-state index is 12.9. The molecule has 2 aromatic rings. The van der Waals surface area contributed by atoms with Gasteiger partial charge in [0, 0.05) is 6.54 Å². The van der Waals surface area contributed by atoms with Crippen molar-refractivity contribution in [3.05, 3.63) is 65.5 Å². The smallest absolute Gasteiger partial charge is 0.241 e. The molecule has 0 heterocycles. The van der Waals surface area contributed by atoms with Crippen molar-refractivity contribution in [1.29, 1.82) is 0 Å². The van der Waals surface area contributed by atoms with Crippen LogP contribution in [0.25, 0.3) is 0 Å². The van der Waals surface area contributed by atoms with Gasteiger partial charge in [0.25, 0.3) is 0 Å². The molecule has 0 saturated carbocycles. The van der Waals surface area contributed by atoms with E-state index in [1.165, 1.54) is 36.4 Å². The first-order valence-corrected chi connectivity index (χ1v) is 10.3. The van der Waals surface area contributed by atoms with Crippen LogP contribution in [0, 0.1) is 5.82 Å². The van der Waals surface area contributed by atoms with Gasteiger partial charge < -0.3 is 10.4 Å². The largest absolute Gasteiger partial charge is 0.394 e. The molecule has 1 unspecified atom stereocenters. The summed E-state index contributed by atoms with van der Waals surface area (Å²) in [6.07, 6.45) is 0. The van der Waals surface area contributed by atoms with Crippen molar-refractivity contribution in [2.75, 3.05) is 6.61 Å². The Morgan fingerprint density at radius 1 is 1.07 bits per heavy atom. The molecule has 0 saturated heterocycles. The van der Waals surface area contributed by atoms with Crippen LogP contribution in [0.2, 0.25) is 0 Å². The van der Waals surface area contributed by atoms with Gasteiger partial charge in [-0.25, -0.2) is 12.8 Å². The average Bonchev–Trinajstić information content (AvgIpc) is 2.65. The molecular weight excluding hydrogens is 383 g/mol. The molecule has 2 aromatic carbocycles. The highest BCUT2D eigenvalue weighted by Gasteiger charge is 2.25. The lowest BCUT2D eigenvalue weighted by atomic mass is 9.87. The van der Waals surface area contributed by atoms with Crippen LogP contribution < -0.4 is 10.0 Å². The standard InChI is InChI=1S/C20H25FN2O4S/c1-20(2,3)15-6-10-17(11-7-15)28(26,27)23-18(13-24)19(25)22-12-14-4-8-16(21)9-5-14/h4-11,18,23-24H,12-13H2,1-3H3,(H,22,25). The summed E-state index contributed by atoms with van der Waals surface area (Å²) in [5, 5.41) is 12.0. The van der Waals surface area contributed by atoms with Gasteiger partial charge in [0.2, 0.25) is 15.9 Å². The Bertz CT molecular complexity index is 905. The first kappa shape index (κ1) is 22.0. The van der Waals surface area contributed by atoms with Gasteiger partial charge in [-0.2, -0.15) is 4.72 Å². The van der Waals surface area contributed by atoms with Crippen molar-refractivity contribution in [2.45, 2.75) is 43.7 Å². The van der Waals surface area contributed by atoms with Gasteiger partial charge in [-0.15, -0.1) is 0 Å². The molecule has 0 radical (unpaired) electrons. The Labute approximate surface area is 164 Å². The average molecular weight is 408 g/mol. The molecule has 6 nitrogen and oxygen atoms in total. The maximum atomic E-state index is 12.9. The van der Waals surface area contributed by atoms with Crippen molar-refractivity contribution in [1.82, 2.24) is 10.0 Å². The number of carbonyl (C=O) groups is 1. The predicted molar refractivity (Wildman–Crippen MR) is 105 cm³/mol. The van der Waals surface area contributed by atoms with Gasteiger partial charge in [0.1, 0.15) is 11.9 Å². The topological polar surface area (TPSA) is 95.5 Å². The number of rotatable bonds is 7. The number of carbonyl (C=O) groups excluding carboxylic acids is 1. The zero-order valence-electron chi connectivity index (χ0n) is 16.1. The molecule has 3 N–H and O–H groups in total. The predicted octanol–water partition coefficient (Wildman–Crippen LogP) is 2.08. The first-order chi connectivity index (χ1) is 13.0. The Balaban J connectivity index is 2.05. The van der Waals surface area contributed by atoms with E-state index in [2.05, 4.69) is 10.0 Å². The van der Waals surface area contributed by atoms with E-state index in [9.17, 15) is 22.7 Å². The number of hydrogen-bond acceptors (Lipinski definition) is 4. The number of aliphatic hydroxyl groups is 1. The highest BCUT2D eigenvalue weighted by atomic mass is 32.2. The minimum absolute atomic E-state index is 0.00489. The number of aliphatic hydroxyl groups excluding tert-OH is 1. The van der Waals surface area contributed by atoms with E-state index >= 15 is 0 Å². The molecule has 1 atom stereocenters. The molecule has 0 aromatic heterocycles. The van der Waals surface area contributed by atoms with Crippen molar-refractivity contribution in [2.24, 2.45) is 0 Å². The summed E-state index contributed by atoms with van der Waals surface area (Å²) in [5.41, 5.74) is 1.50. The molecule has 28 heavy (non-hydrogen) atoms. The summed E-state index contributed by atoms with van der Waals surface area (Å²) in [7, 11) is -3.99. The van der Waals surface area contributed by atoms with Crippen LogP contribution in [-0.2, 0) is 26.8 Å². The van der Waals surface area contributed by atoms with Crippen molar-refractivity contribution < 1.29 is 22.7 Å². The Kier molecular flexibility index (Phi) is 6.92. The number of sulfonamides is 1. The summed E-state index contributed by atoms with van der Waals surface area (Å²) in [6, 6.07) is 10.6. The summed E-state index contributed by atoms with van der Waals surface area (Å²) in [6.45, 7) is 5.43. The molecule has 0 aliphatic heterocycles. The van der Waals surface area contributed by atoms with E-state index in [0.717, 1.165) is 5.56 Å². The lowest BCUT2D eigenvalue weighted by Gasteiger charge is -2.20. The molecule has 2 rings (SSSR count). The molecule has 1 amide bonds. The minimum atomic E-state index is -3.99. The van der Waals surface area contributed by atoms with E-state index in [1.54, 1.807) is 12.1 Å². The second-order valence-corrected chi connectivity index (χ2v) is 9.19. The van der Waals surface area contributed by atoms with Gasteiger partial charge in [-0.05, 0) is 40.8 Å². The van der Waals surface area contributed by atoms with Gasteiger partial charge in [-0.3, -0.25) is 4.79 Å². The van der Waals surface area contributed by atoms with Crippen LogP contribution in [0.15, 0.2) is 53.4 Å². The number of amides is 1. The van der Waals surface area contributed by atoms with Gasteiger partial charge in [-0.1, -0.05) is 45.0 Å². The quantitative estimate of drug-likeness (QED) is 0.654. The number of benzene rings is 2. The second kappa shape index (κ2) is 8.81. The van der Waals surface area contributed by atoms with E-state index < -0.39 is 34.4 Å². The van der Waals surface area contributed by atoms with Crippen LogP contribution in [-0.4, -0.2) is 32.1 Å². The van der Waals surface area contributed by atoms with E-state index in [4.69, 9.17) is 0 Å². The monoisotopic (exact) mass is 408 g/mol. The Morgan fingerprint density at radius 3 is 2.14 bits per heavy atom. The fraction of sp³-hybridized carbons (Fsp3) is 0.350. The minimum Gasteiger partial charge on any atom is -0.394 e. The third kappa shape index (κ3) is 5.85. The van der Waals surface area contributed by atoms with Crippen molar-refractivity contribution in [3.8, 4) is 0 Å². The van der Waals surface area contributed by atoms with Gasteiger partial charge in [0.15, 0.2) is 0 Å². The zero-order valence-corrected chi connectivity index (χ0v) is 16.9. The molecule has 0 bridgehead atoms. The van der Waals surface area contributed by atoms with Crippen LogP contribution in [0.5, 0.6) is 0 Å². The summed E-state index contributed by atoms with van der Waals surface area (Å²) >= 11 is 0. The van der Waals surface area contributed by atoms with Crippen LogP contribution in [0.1, 0.15) is 31.9 Å². The molecule has 0 spiro atoms. The van der Waals surface area contributed by atoms with Crippen molar-refractivity contribution >= 4 is 15.9 Å². The lowest BCUT2D eigenvalue weighted by Crippen LogP contribution is -2.48. The SMILES string of the molecule is CC(C)(C)c1ccc(S(=O)(=O)NC(CO)C(=O)NCc2ccc(F)cc2)cc1. The third-order valence-corrected chi connectivity index (χ3v) is 5.69. The molecule has 0 aliphatic carbocycles. The van der Waals surface area contributed by atoms with Crippen LogP contribution >= 0.6 is 0 Å². The molecular formula is C20H25FN2O4S. The molecule has 0 aliphatic rings. The van der Waals surface area contributed by atoms with Crippen molar-refractivity contribution in [3.63, 3.8) is 0 Å². The Morgan fingerprint density at radius 2 is 1.64 bits per heavy atom. The highest BCUT2D eigenvalue weighted by Crippen LogP contribution is 2.23. The first-order valence-electron chi connectivity index (χ1n) is 8.79. The normalized spacial score (nSPS) is 13.2. The highest BCUT2D eigenvalue weighted by molar-refractivity contribution is 7.89. The van der Waals surface area contributed by atoms with E-state index in [-0.39, 0.29) is 16.9 Å². The number of halogens is 1. The van der Waals surface area contributed by atoms with E-state index in [0.29, 0.717) is 5.56 Å². The summed E-state index contributed by atoms with van der Waals surface area (Å²) in [5.74, 6) is -1.07.